The average molecular weight is 427 g/mol. The van der Waals surface area contributed by atoms with Crippen LogP contribution in [0.5, 0.6) is 5.75 Å². The highest BCUT2D eigenvalue weighted by molar-refractivity contribution is 5.92. The number of fused-ring (bicyclic) bond motifs is 1. The number of hydrogen-bond acceptors (Lipinski definition) is 4. The first-order valence-electron chi connectivity index (χ1n) is 11.6. The predicted molar refractivity (Wildman–Crippen MR) is 130 cm³/mol. The van der Waals surface area contributed by atoms with Crippen molar-refractivity contribution in [1.29, 1.82) is 0 Å². The fourth-order valence-electron chi connectivity index (χ4n) is 4.84. The second kappa shape index (κ2) is 9.03. The molecule has 2 heterocycles. The van der Waals surface area contributed by atoms with Crippen LogP contribution in [-0.2, 0) is 0 Å². The van der Waals surface area contributed by atoms with Gasteiger partial charge in [0, 0.05) is 6.04 Å². The van der Waals surface area contributed by atoms with Gasteiger partial charge in [0.15, 0.2) is 0 Å². The van der Waals surface area contributed by atoms with Crippen molar-refractivity contribution in [2.45, 2.75) is 51.1 Å². The van der Waals surface area contributed by atoms with Crippen LogP contribution < -0.4 is 10.1 Å². The van der Waals surface area contributed by atoms with E-state index in [9.17, 15) is 0 Å². The van der Waals surface area contributed by atoms with E-state index < -0.39 is 0 Å². The molecule has 2 aromatic heterocycles. The van der Waals surface area contributed by atoms with Crippen molar-refractivity contribution in [1.82, 2.24) is 14.5 Å². The lowest BCUT2D eigenvalue weighted by Crippen LogP contribution is -2.23. The smallest absolute Gasteiger partial charge is 0.146 e. The molecule has 2 aromatic carbocycles. The molecule has 0 saturated heterocycles. The normalized spacial score (nSPS) is 15.6. The van der Waals surface area contributed by atoms with E-state index in [1.807, 2.05) is 12.1 Å². The summed E-state index contributed by atoms with van der Waals surface area (Å²) >= 11 is 0. The van der Waals surface area contributed by atoms with Crippen molar-refractivity contribution in [3.63, 3.8) is 0 Å². The first kappa shape index (κ1) is 20.6. The zero-order chi connectivity index (χ0) is 21.9. The molecule has 1 saturated carbocycles. The third kappa shape index (κ3) is 3.95. The molecule has 0 bridgehead atoms. The van der Waals surface area contributed by atoms with Gasteiger partial charge < -0.3 is 14.6 Å². The Balaban J connectivity index is 1.64. The third-order valence-corrected chi connectivity index (χ3v) is 6.63. The molecule has 164 valence electrons. The van der Waals surface area contributed by atoms with Crippen molar-refractivity contribution in [2.75, 3.05) is 12.4 Å². The fourth-order valence-corrected chi connectivity index (χ4v) is 4.84. The largest absolute Gasteiger partial charge is 0.497 e. The Kier molecular flexibility index (Phi) is 5.80. The Morgan fingerprint density at radius 2 is 1.72 bits per heavy atom. The lowest BCUT2D eigenvalue weighted by molar-refractivity contribution is 0.415. The first-order chi connectivity index (χ1) is 15.7. The lowest BCUT2D eigenvalue weighted by Gasteiger charge is -2.23. The number of methoxy groups -OCH3 is 1. The maximum absolute atomic E-state index is 5.38. The molecule has 1 N–H and O–H groups in total. The summed E-state index contributed by atoms with van der Waals surface area (Å²) in [7, 11) is 1.70. The number of aromatic nitrogens is 3. The fraction of sp³-hybridized carbons (Fsp3) is 0.333. The molecule has 1 aliphatic rings. The maximum atomic E-state index is 5.38. The summed E-state index contributed by atoms with van der Waals surface area (Å²) in [5, 5.41) is 4.80. The second-order valence-corrected chi connectivity index (χ2v) is 8.65. The summed E-state index contributed by atoms with van der Waals surface area (Å²) in [6, 6.07) is 21.7. The van der Waals surface area contributed by atoms with E-state index in [4.69, 9.17) is 9.72 Å². The molecule has 0 aliphatic heterocycles. The number of rotatable bonds is 6. The van der Waals surface area contributed by atoms with E-state index in [1.54, 1.807) is 13.4 Å². The van der Waals surface area contributed by atoms with Crippen LogP contribution in [0.15, 0.2) is 67.0 Å². The Morgan fingerprint density at radius 3 is 2.44 bits per heavy atom. The number of ether oxygens (including phenoxy) is 1. The lowest BCUT2D eigenvalue weighted by atomic mass is 9.95. The first-order valence-corrected chi connectivity index (χ1v) is 11.6. The SMILES string of the molecule is COc1ccc(-c2cc3c(NC4CCCCC4)ncnc3n2C(C)c2ccccc2)cc1. The quantitative estimate of drug-likeness (QED) is 0.384. The Labute approximate surface area is 189 Å². The van der Waals surface area contributed by atoms with E-state index in [1.165, 1.54) is 37.7 Å². The van der Waals surface area contributed by atoms with Gasteiger partial charge in [0.25, 0.3) is 0 Å². The van der Waals surface area contributed by atoms with Gasteiger partial charge in [-0.1, -0.05) is 49.6 Å². The third-order valence-electron chi connectivity index (χ3n) is 6.63. The minimum atomic E-state index is 0.128. The van der Waals surface area contributed by atoms with Crippen LogP contribution in [0.2, 0.25) is 0 Å². The van der Waals surface area contributed by atoms with Gasteiger partial charge >= 0.3 is 0 Å². The van der Waals surface area contributed by atoms with Crippen LogP contribution in [0.1, 0.15) is 50.6 Å². The van der Waals surface area contributed by atoms with Gasteiger partial charge in [-0.3, -0.25) is 0 Å². The molecular formula is C27H30N4O. The summed E-state index contributed by atoms with van der Waals surface area (Å²) < 4.78 is 7.71. The van der Waals surface area contributed by atoms with Gasteiger partial charge in [0.1, 0.15) is 23.5 Å². The molecule has 1 fully saturated rings. The summed E-state index contributed by atoms with van der Waals surface area (Å²) in [6.45, 7) is 2.23. The van der Waals surface area contributed by atoms with Gasteiger partial charge in [0.05, 0.1) is 24.2 Å². The van der Waals surface area contributed by atoms with E-state index in [0.29, 0.717) is 6.04 Å². The molecule has 4 aromatic rings. The molecule has 0 amide bonds. The van der Waals surface area contributed by atoms with Gasteiger partial charge in [-0.15, -0.1) is 0 Å². The van der Waals surface area contributed by atoms with Crippen LogP contribution in [-0.4, -0.2) is 27.7 Å². The van der Waals surface area contributed by atoms with Gasteiger partial charge in [-0.2, -0.15) is 0 Å². The Hall–Kier alpha value is -3.34. The number of anilines is 1. The van der Waals surface area contributed by atoms with Gasteiger partial charge in [-0.25, -0.2) is 9.97 Å². The average Bonchev–Trinajstić information content (AvgIpc) is 3.25. The topological polar surface area (TPSA) is 52.0 Å². The Bertz CT molecular complexity index is 1180. The van der Waals surface area contributed by atoms with Crippen LogP contribution in [0.4, 0.5) is 5.82 Å². The van der Waals surface area contributed by atoms with Crippen LogP contribution in [0.3, 0.4) is 0 Å². The van der Waals surface area contributed by atoms with Crippen molar-refractivity contribution < 1.29 is 4.74 Å². The molecule has 1 atom stereocenters. The molecule has 0 spiro atoms. The van der Waals surface area contributed by atoms with E-state index in [-0.39, 0.29) is 6.04 Å². The van der Waals surface area contributed by atoms with E-state index in [2.05, 4.69) is 70.3 Å². The molecule has 1 aliphatic carbocycles. The molecule has 5 nitrogen and oxygen atoms in total. The van der Waals surface area contributed by atoms with Crippen molar-refractivity contribution in [3.8, 4) is 17.0 Å². The summed E-state index contributed by atoms with van der Waals surface area (Å²) in [6.07, 6.45) is 8.02. The highest BCUT2D eigenvalue weighted by Gasteiger charge is 2.22. The number of benzene rings is 2. The summed E-state index contributed by atoms with van der Waals surface area (Å²) in [4.78, 5) is 9.40. The number of nitrogens with zero attached hydrogens (tertiary/aromatic N) is 3. The van der Waals surface area contributed by atoms with Gasteiger partial charge in [0.2, 0.25) is 0 Å². The van der Waals surface area contributed by atoms with Crippen LogP contribution in [0, 0.1) is 0 Å². The van der Waals surface area contributed by atoms with Crippen LogP contribution in [0.25, 0.3) is 22.3 Å². The molecule has 1 unspecified atom stereocenters. The highest BCUT2D eigenvalue weighted by Crippen LogP contribution is 2.36. The highest BCUT2D eigenvalue weighted by atomic mass is 16.5. The van der Waals surface area contributed by atoms with Gasteiger partial charge in [-0.05, 0) is 61.2 Å². The molecule has 0 radical (unpaired) electrons. The summed E-state index contributed by atoms with van der Waals surface area (Å²) in [5.74, 6) is 1.79. The van der Waals surface area contributed by atoms with Crippen molar-refractivity contribution in [3.05, 3.63) is 72.6 Å². The number of hydrogen-bond donors (Lipinski definition) is 1. The maximum Gasteiger partial charge on any atom is 0.146 e. The summed E-state index contributed by atoms with van der Waals surface area (Å²) in [5.41, 5.74) is 4.47. The minimum Gasteiger partial charge on any atom is -0.497 e. The van der Waals surface area contributed by atoms with E-state index >= 15 is 0 Å². The molecule has 5 rings (SSSR count). The minimum absolute atomic E-state index is 0.128. The molecular weight excluding hydrogens is 396 g/mol. The van der Waals surface area contributed by atoms with Crippen molar-refractivity contribution in [2.24, 2.45) is 0 Å². The predicted octanol–water partition coefficient (Wildman–Crippen LogP) is 6.46. The van der Waals surface area contributed by atoms with Crippen molar-refractivity contribution >= 4 is 16.9 Å². The van der Waals surface area contributed by atoms with E-state index in [0.717, 1.165) is 33.9 Å². The zero-order valence-electron chi connectivity index (χ0n) is 18.8. The Morgan fingerprint density at radius 1 is 0.969 bits per heavy atom. The molecule has 32 heavy (non-hydrogen) atoms. The van der Waals surface area contributed by atoms with Crippen LogP contribution >= 0.6 is 0 Å². The zero-order valence-corrected chi connectivity index (χ0v) is 18.8. The standard InChI is InChI=1S/C27H30N4O/c1-19(20-9-5-3-6-10-20)31-25(21-13-15-23(32-2)16-14-21)17-24-26(28-18-29-27(24)31)30-22-11-7-4-8-12-22/h3,5-6,9-10,13-19,22H,4,7-8,11-12H2,1-2H3,(H,28,29,30). The number of nitrogens with one attached hydrogen (secondary N) is 1. The second-order valence-electron chi connectivity index (χ2n) is 8.65. The monoisotopic (exact) mass is 426 g/mol. The molecule has 5 heteroatoms.